The summed E-state index contributed by atoms with van der Waals surface area (Å²) in [5.74, 6) is 1.28. The van der Waals surface area contributed by atoms with Crippen LogP contribution in [-0.2, 0) is 5.41 Å². The molecule has 4 N–H and O–H groups in total. The number of amides is 2. The first-order valence-electron chi connectivity index (χ1n) is 9.62. The second-order valence-electron chi connectivity index (χ2n) is 7.96. The molecule has 0 atom stereocenters. The molecule has 0 radical (unpaired) electrons. The van der Waals surface area contributed by atoms with E-state index < -0.39 is 17.1 Å². The Morgan fingerprint density at radius 1 is 1.03 bits per heavy atom. The van der Waals surface area contributed by atoms with Gasteiger partial charge in [0.2, 0.25) is 5.89 Å². The zero-order chi connectivity index (χ0) is 22.9. The van der Waals surface area contributed by atoms with Gasteiger partial charge >= 0.3 is 6.03 Å². The van der Waals surface area contributed by atoms with Crippen LogP contribution in [0.4, 0.5) is 15.6 Å². The number of anilines is 2. The van der Waals surface area contributed by atoms with Crippen molar-refractivity contribution in [2.24, 2.45) is 0 Å². The van der Waals surface area contributed by atoms with Gasteiger partial charge in [0.15, 0.2) is 5.13 Å². The van der Waals surface area contributed by atoms with Crippen LogP contribution in [0.3, 0.4) is 0 Å². The fourth-order valence-corrected chi connectivity index (χ4v) is 3.52. The van der Waals surface area contributed by atoms with Crippen LogP contribution in [-0.4, -0.2) is 26.2 Å². The smallest absolute Gasteiger partial charge is 0.325 e. The fourth-order valence-electron chi connectivity index (χ4n) is 2.80. The SMILES string of the molecule is CC(C)(C)c1cnc(C=Cc2cnc(NC(=O)Nc3ccc4c(=O)[nH][nH]c(=O)c4c3)s2)o1. The van der Waals surface area contributed by atoms with Gasteiger partial charge in [-0.1, -0.05) is 32.1 Å². The van der Waals surface area contributed by atoms with Crippen LogP contribution in [0.2, 0.25) is 0 Å². The highest BCUT2D eigenvalue weighted by atomic mass is 32.1. The third-order valence-corrected chi connectivity index (χ3v) is 5.33. The minimum atomic E-state index is -0.530. The quantitative estimate of drug-likeness (QED) is 0.371. The molecular formula is C21H20N6O4S. The molecule has 2 amide bonds. The van der Waals surface area contributed by atoms with Gasteiger partial charge in [-0.3, -0.25) is 25.1 Å². The first kappa shape index (κ1) is 21.2. The maximum atomic E-state index is 12.3. The summed E-state index contributed by atoms with van der Waals surface area (Å²) < 4.78 is 5.71. The van der Waals surface area contributed by atoms with E-state index in [1.165, 1.54) is 29.5 Å². The van der Waals surface area contributed by atoms with Gasteiger partial charge in [0.1, 0.15) is 5.76 Å². The number of oxazole rings is 1. The Labute approximate surface area is 185 Å². The number of urea groups is 1. The van der Waals surface area contributed by atoms with Crippen LogP contribution >= 0.6 is 11.3 Å². The Hall–Kier alpha value is -3.99. The summed E-state index contributed by atoms with van der Waals surface area (Å²) in [5, 5.41) is 10.6. The number of H-pyrrole nitrogens is 2. The summed E-state index contributed by atoms with van der Waals surface area (Å²) in [5.41, 5.74) is -0.636. The van der Waals surface area contributed by atoms with E-state index in [1.54, 1.807) is 24.5 Å². The van der Waals surface area contributed by atoms with Crippen LogP contribution in [0.15, 0.2) is 44.6 Å². The van der Waals surface area contributed by atoms with Crippen LogP contribution in [0, 0.1) is 0 Å². The number of carbonyl (C=O) groups is 1. The number of hydrogen-bond donors (Lipinski definition) is 4. The lowest BCUT2D eigenvalue weighted by Crippen LogP contribution is -2.21. The van der Waals surface area contributed by atoms with Crippen molar-refractivity contribution in [1.29, 1.82) is 0 Å². The van der Waals surface area contributed by atoms with Crippen molar-refractivity contribution in [1.82, 2.24) is 20.2 Å². The molecule has 10 nitrogen and oxygen atoms in total. The van der Waals surface area contributed by atoms with Crippen molar-refractivity contribution >= 4 is 51.1 Å². The van der Waals surface area contributed by atoms with E-state index in [0.29, 0.717) is 16.7 Å². The summed E-state index contributed by atoms with van der Waals surface area (Å²) in [6, 6.07) is 3.91. The molecule has 3 heterocycles. The molecule has 0 fully saturated rings. The predicted molar refractivity (Wildman–Crippen MR) is 124 cm³/mol. The molecule has 0 saturated heterocycles. The number of thiazole rings is 1. The Morgan fingerprint density at radius 3 is 2.50 bits per heavy atom. The topological polar surface area (TPSA) is 146 Å². The van der Waals surface area contributed by atoms with Gasteiger partial charge in [-0.05, 0) is 24.3 Å². The lowest BCUT2D eigenvalue weighted by molar-refractivity contribution is 0.262. The molecular weight excluding hydrogens is 432 g/mol. The minimum Gasteiger partial charge on any atom is -0.441 e. The second-order valence-corrected chi connectivity index (χ2v) is 9.02. The first-order valence-corrected chi connectivity index (χ1v) is 10.4. The van der Waals surface area contributed by atoms with Crippen molar-refractivity contribution in [2.75, 3.05) is 10.6 Å². The molecule has 0 aliphatic heterocycles. The van der Waals surface area contributed by atoms with Crippen LogP contribution in [0.25, 0.3) is 22.9 Å². The normalized spacial score (nSPS) is 11.8. The van der Waals surface area contributed by atoms with Gasteiger partial charge in [0.05, 0.1) is 17.0 Å². The number of carbonyl (C=O) groups excluding carboxylic acids is 1. The maximum absolute atomic E-state index is 12.3. The zero-order valence-electron chi connectivity index (χ0n) is 17.5. The number of aromatic nitrogens is 4. The van der Waals surface area contributed by atoms with E-state index in [0.717, 1.165) is 10.6 Å². The third kappa shape index (κ3) is 4.67. The largest absolute Gasteiger partial charge is 0.441 e. The summed E-state index contributed by atoms with van der Waals surface area (Å²) in [4.78, 5) is 45.2. The second kappa shape index (κ2) is 8.27. The monoisotopic (exact) mass is 452 g/mol. The number of benzene rings is 1. The fraction of sp³-hybridized carbons (Fsp3) is 0.190. The Bertz CT molecular complexity index is 1440. The van der Waals surface area contributed by atoms with Gasteiger partial charge in [-0.2, -0.15) is 0 Å². The van der Waals surface area contributed by atoms with Crippen molar-refractivity contribution in [3.05, 3.63) is 67.8 Å². The van der Waals surface area contributed by atoms with E-state index in [4.69, 9.17) is 4.42 Å². The van der Waals surface area contributed by atoms with E-state index in [9.17, 15) is 14.4 Å². The Balaban J connectivity index is 1.41. The maximum Gasteiger partial charge on any atom is 0.325 e. The van der Waals surface area contributed by atoms with E-state index in [2.05, 4.69) is 30.8 Å². The van der Waals surface area contributed by atoms with Gasteiger partial charge in [-0.25, -0.2) is 14.8 Å². The summed E-state index contributed by atoms with van der Waals surface area (Å²) >= 11 is 1.27. The lowest BCUT2D eigenvalue weighted by Gasteiger charge is -2.12. The highest BCUT2D eigenvalue weighted by Gasteiger charge is 2.18. The van der Waals surface area contributed by atoms with Crippen molar-refractivity contribution in [2.45, 2.75) is 26.2 Å². The summed E-state index contributed by atoms with van der Waals surface area (Å²) in [6.07, 6.45) is 6.86. The average Bonchev–Trinajstić information content (AvgIpc) is 3.38. The number of aromatic amines is 2. The third-order valence-electron chi connectivity index (χ3n) is 4.45. The molecule has 3 aromatic heterocycles. The highest BCUT2D eigenvalue weighted by molar-refractivity contribution is 7.16. The molecule has 0 aliphatic rings. The highest BCUT2D eigenvalue weighted by Crippen LogP contribution is 2.24. The van der Waals surface area contributed by atoms with Crippen molar-refractivity contribution < 1.29 is 9.21 Å². The van der Waals surface area contributed by atoms with Gasteiger partial charge in [0.25, 0.3) is 11.1 Å². The predicted octanol–water partition coefficient (Wildman–Crippen LogP) is 3.77. The lowest BCUT2D eigenvalue weighted by atomic mass is 9.94. The number of fused-ring (bicyclic) bond motifs is 1. The van der Waals surface area contributed by atoms with Gasteiger partial charge in [-0.15, -0.1) is 0 Å². The molecule has 164 valence electrons. The number of nitrogens with one attached hydrogen (secondary N) is 4. The molecule has 0 unspecified atom stereocenters. The Kier molecular flexibility index (Phi) is 5.49. The zero-order valence-corrected chi connectivity index (χ0v) is 18.3. The number of rotatable bonds is 4. The number of hydrogen-bond acceptors (Lipinski definition) is 7. The molecule has 0 spiro atoms. The molecule has 0 bridgehead atoms. The molecule has 32 heavy (non-hydrogen) atoms. The van der Waals surface area contributed by atoms with E-state index in [1.807, 2.05) is 20.8 Å². The molecule has 11 heteroatoms. The van der Waals surface area contributed by atoms with Crippen LogP contribution in [0.1, 0.15) is 37.3 Å². The Morgan fingerprint density at radius 2 is 1.78 bits per heavy atom. The summed E-state index contributed by atoms with van der Waals surface area (Å²) in [7, 11) is 0. The molecule has 0 aliphatic carbocycles. The average molecular weight is 452 g/mol. The minimum absolute atomic E-state index is 0.123. The number of nitrogens with zero attached hydrogens (tertiary/aromatic N) is 2. The molecule has 1 aromatic carbocycles. The van der Waals surface area contributed by atoms with Crippen molar-refractivity contribution in [3.63, 3.8) is 0 Å². The summed E-state index contributed by atoms with van der Waals surface area (Å²) in [6.45, 7) is 6.13. The van der Waals surface area contributed by atoms with Gasteiger partial charge < -0.3 is 9.73 Å². The van der Waals surface area contributed by atoms with Crippen molar-refractivity contribution in [3.8, 4) is 0 Å². The van der Waals surface area contributed by atoms with E-state index in [-0.39, 0.29) is 16.2 Å². The van der Waals surface area contributed by atoms with Crippen LogP contribution < -0.4 is 21.8 Å². The molecule has 0 saturated carbocycles. The molecule has 4 rings (SSSR count). The molecule has 4 aromatic rings. The first-order chi connectivity index (χ1) is 15.2. The van der Waals surface area contributed by atoms with Gasteiger partial charge in [0, 0.05) is 28.3 Å². The van der Waals surface area contributed by atoms with E-state index >= 15 is 0 Å². The van der Waals surface area contributed by atoms with Crippen LogP contribution in [0.5, 0.6) is 0 Å². The standard InChI is InChI=1S/C21H20N6O4S/c1-21(2,3)15-10-22-16(31-15)7-5-12-9-23-20(32-12)25-19(30)24-11-4-6-13-14(8-11)18(29)27-26-17(13)28/h4-10H,1-3H3,(H,26,28)(H,27,29)(H2,23,24,25,30).